The lowest BCUT2D eigenvalue weighted by atomic mass is 10.2. The predicted octanol–water partition coefficient (Wildman–Crippen LogP) is 7.83. The molecule has 0 atom stereocenters. The van der Waals surface area contributed by atoms with Crippen molar-refractivity contribution in [1.82, 2.24) is 0 Å². The van der Waals surface area contributed by atoms with Crippen LogP contribution in [0.2, 0.25) is 0 Å². The quantitative estimate of drug-likeness (QED) is 0.0435. The second-order valence-corrected chi connectivity index (χ2v) is 11.0. The molecule has 3 nitrogen and oxygen atoms in total. The second-order valence-electron chi connectivity index (χ2n) is 8.32. The van der Waals surface area contributed by atoms with Crippen LogP contribution >= 0.6 is 7.14 Å². The monoisotopic (exact) mass is 512 g/mol. The Labute approximate surface area is 225 Å². The highest BCUT2D eigenvalue weighted by atomic mass is 31.2. The summed E-state index contributed by atoms with van der Waals surface area (Å²) in [5.74, 6) is 6.21. The van der Waals surface area contributed by atoms with Crippen LogP contribution in [-0.2, 0) is 4.57 Å². The molecule has 0 aliphatic heterocycles. The zero-order chi connectivity index (χ0) is 26.5. The van der Waals surface area contributed by atoms with E-state index in [1.807, 2.05) is 133 Å². The maximum absolute atomic E-state index is 14.4. The molecule has 0 aliphatic carbocycles. The van der Waals surface area contributed by atoms with E-state index in [4.69, 9.17) is 0 Å². The normalized spacial score (nSPS) is 11.1. The second kappa shape index (κ2) is 13.6. The maximum Gasteiger partial charge on any atom is 0.178 e. The van der Waals surface area contributed by atoms with Crippen LogP contribution in [0.3, 0.4) is 0 Å². The topological polar surface area (TPSA) is 32.7 Å². The lowest BCUT2D eigenvalue weighted by Crippen LogP contribution is -2.16. The minimum atomic E-state index is -3.11. The Morgan fingerprint density at radius 1 is 0.763 bits per heavy atom. The van der Waals surface area contributed by atoms with Gasteiger partial charge >= 0.3 is 0 Å². The third kappa shape index (κ3) is 6.58. The Balaban J connectivity index is 1.44. The summed E-state index contributed by atoms with van der Waals surface area (Å²) >= 11 is 0. The fraction of sp³-hybridized carbons (Fsp3) is 0.0588. The average molecular weight is 513 g/mol. The van der Waals surface area contributed by atoms with Crippen LogP contribution < -0.4 is 15.6 Å². The van der Waals surface area contributed by atoms with Gasteiger partial charge in [0, 0.05) is 23.2 Å². The van der Waals surface area contributed by atoms with Gasteiger partial charge in [-0.25, -0.2) is 5.01 Å². The molecule has 0 saturated carbocycles. The third-order valence-corrected chi connectivity index (χ3v) is 8.82. The van der Waals surface area contributed by atoms with Gasteiger partial charge in [-0.05, 0) is 42.8 Å². The molecular weight excluding hydrogens is 483 g/mol. The van der Waals surface area contributed by atoms with Gasteiger partial charge in [0.1, 0.15) is 0 Å². The lowest BCUT2D eigenvalue weighted by Gasteiger charge is -2.19. The zero-order valence-electron chi connectivity index (χ0n) is 21.2. The van der Waals surface area contributed by atoms with Crippen LogP contribution in [0.4, 0.5) is 11.4 Å². The Hall–Kier alpha value is -4.60. The van der Waals surface area contributed by atoms with E-state index in [9.17, 15) is 4.57 Å². The summed E-state index contributed by atoms with van der Waals surface area (Å²) in [5, 5.41) is 8.62. The molecule has 0 aliphatic rings. The molecule has 0 amide bonds. The van der Waals surface area contributed by atoms with E-state index < -0.39 is 7.14 Å². The van der Waals surface area contributed by atoms with Crippen molar-refractivity contribution < 1.29 is 4.57 Å². The van der Waals surface area contributed by atoms with Crippen molar-refractivity contribution in [3.63, 3.8) is 0 Å². The van der Waals surface area contributed by atoms with Gasteiger partial charge in [-0.3, -0.25) is 0 Å². The van der Waals surface area contributed by atoms with Crippen LogP contribution in [0.25, 0.3) is 0 Å². The number of hydrazone groups is 1. The van der Waals surface area contributed by atoms with Gasteiger partial charge in [0.25, 0.3) is 0 Å². The van der Waals surface area contributed by atoms with E-state index in [1.54, 1.807) is 12.2 Å². The number of benzene rings is 4. The third-order valence-electron chi connectivity index (χ3n) is 5.78. The Morgan fingerprint density at radius 3 is 1.71 bits per heavy atom. The number of allylic oxidation sites excluding steroid dienone is 3. The minimum Gasteiger partial charge on any atom is -0.308 e. The number of hydrogen-bond donors (Lipinski definition) is 0. The molecular formula is C34H29N2OP. The largest absolute Gasteiger partial charge is 0.308 e. The first-order valence-electron chi connectivity index (χ1n) is 12.4. The van der Waals surface area contributed by atoms with Crippen molar-refractivity contribution in [2.45, 2.75) is 12.8 Å². The minimum absolute atomic E-state index is 0.534. The summed E-state index contributed by atoms with van der Waals surface area (Å²) in [4.78, 5) is 0. The van der Waals surface area contributed by atoms with E-state index in [1.165, 1.54) is 0 Å². The smallest absolute Gasteiger partial charge is 0.178 e. The van der Waals surface area contributed by atoms with Gasteiger partial charge in [0.2, 0.25) is 0 Å². The molecule has 0 heterocycles. The van der Waals surface area contributed by atoms with Gasteiger partial charge in [0.15, 0.2) is 7.14 Å². The van der Waals surface area contributed by atoms with E-state index in [0.29, 0.717) is 18.2 Å². The van der Waals surface area contributed by atoms with Crippen LogP contribution in [0, 0.1) is 11.8 Å². The van der Waals surface area contributed by atoms with Crippen molar-refractivity contribution in [2.24, 2.45) is 5.10 Å². The standard InChI is InChI=1S/C34H29N2OP/c1-2-32(38(37,33-25-15-8-16-26-33)34-27-17-9-18-28-34)24-14-4-3-5-19-29-35-36(30-20-10-6-11-21-30)31-22-12-7-13-23-31/h6-18,20-29H,1,5,19H2/b24-14-,35-29+. The molecule has 4 aromatic rings. The van der Waals surface area contributed by atoms with Crippen molar-refractivity contribution in [2.75, 3.05) is 5.01 Å². The molecule has 0 radical (unpaired) electrons. The van der Waals surface area contributed by atoms with E-state index in [0.717, 1.165) is 22.0 Å². The molecule has 0 aromatic heterocycles. The molecule has 0 unspecified atom stereocenters. The first-order valence-corrected chi connectivity index (χ1v) is 14.1. The van der Waals surface area contributed by atoms with Crippen LogP contribution in [0.1, 0.15) is 12.8 Å². The van der Waals surface area contributed by atoms with Crippen molar-refractivity contribution in [1.29, 1.82) is 0 Å². The van der Waals surface area contributed by atoms with Crippen LogP contribution in [-0.4, -0.2) is 6.21 Å². The lowest BCUT2D eigenvalue weighted by molar-refractivity contribution is 0.591. The summed E-state index contributed by atoms with van der Waals surface area (Å²) in [7, 11) is -3.11. The van der Waals surface area contributed by atoms with Crippen molar-refractivity contribution in [3.8, 4) is 11.8 Å². The molecule has 38 heavy (non-hydrogen) atoms. The fourth-order valence-corrected chi connectivity index (χ4v) is 6.47. The molecule has 4 rings (SSSR count). The average Bonchev–Trinajstić information content (AvgIpc) is 2.99. The molecule has 0 N–H and O–H groups in total. The first kappa shape index (κ1) is 26.5. The fourth-order valence-electron chi connectivity index (χ4n) is 3.93. The number of nitrogens with zero attached hydrogens (tertiary/aromatic N) is 2. The molecule has 0 fully saturated rings. The Morgan fingerprint density at radius 2 is 1.24 bits per heavy atom. The Kier molecular flexibility index (Phi) is 9.50. The van der Waals surface area contributed by atoms with Gasteiger partial charge in [-0.2, -0.15) is 5.10 Å². The SMILES string of the molecule is C=C=C(/C=C\C#CCC/C=N/N(c1ccccc1)c1ccccc1)P(=O)(c1ccccc1)c1ccccc1. The summed E-state index contributed by atoms with van der Waals surface area (Å²) < 4.78 is 14.4. The van der Waals surface area contributed by atoms with Crippen molar-refractivity contribution in [3.05, 3.63) is 151 Å². The van der Waals surface area contributed by atoms with E-state index in [-0.39, 0.29) is 0 Å². The van der Waals surface area contributed by atoms with Gasteiger partial charge in [-0.1, -0.05) is 115 Å². The van der Waals surface area contributed by atoms with Gasteiger partial charge in [0.05, 0.1) is 16.7 Å². The highest BCUT2D eigenvalue weighted by Gasteiger charge is 2.30. The molecule has 0 saturated heterocycles. The van der Waals surface area contributed by atoms with Crippen molar-refractivity contribution >= 4 is 35.3 Å². The number of hydrogen-bond acceptors (Lipinski definition) is 3. The Bertz CT molecular complexity index is 1440. The molecule has 0 bridgehead atoms. The molecule has 186 valence electrons. The number of para-hydroxylation sites is 2. The number of anilines is 2. The van der Waals surface area contributed by atoms with Crippen LogP contribution in [0.5, 0.6) is 0 Å². The predicted molar refractivity (Wildman–Crippen MR) is 162 cm³/mol. The van der Waals surface area contributed by atoms with Gasteiger partial charge < -0.3 is 4.57 Å². The molecule has 0 spiro atoms. The number of rotatable bonds is 9. The highest BCUT2D eigenvalue weighted by Crippen LogP contribution is 2.51. The first-order chi connectivity index (χ1) is 18.7. The van der Waals surface area contributed by atoms with E-state index >= 15 is 0 Å². The molecule has 4 aromatic carbocycles. The summed E-state index contributed by atoms with van der Waals surface area (Å²) in [6, 6.07) is 39.1. The maximum atomic E-state index is 14.4. The summed E-state index contributed by atoms with van der Waals surface area (Å²) in [6.45, 7) is 3.83. The van der Waals surface area contributed by atoms with Crippen LogP contribution in [0.15, 0.2) is 156 Å². The number of unbranched alkanes of at least 4 members (excludes halogenated alkanes) is 1. The zero-order valence-corrected chi connectivity index (χ0v) is 22.0. The summed E-state index contributed by atoms with van der Waals surface area (Å²) in [6.07, 6.45) is 6.72. The van der Waals surface area contributed by atoms with E-state index in [2.05, 4.69) is 29.3 Å². The molecule has 4 heteroatoms. The summed E-state index contributed by atoms with van der Waals surface area (Å²) in [5.41, 5.74) is 4.91. The van der Waals surface area contributed by atoms with Gasteiger partial charge in [-0.15, -0.1) is 5.73 Å². The highest BCUT2D eigenvalue weighted by molar-refractivity contribution is 7.82.